The predicted octanol–water partition coefficient (Wildman–Crippen LogP) is 2.17. The van der Waals surface area contributed by atoms with Gasteiger partial charge in [-0.05, 0) is 31.1 Å². The van der Waals surface area contributed by atoms with E-state index in [0.717, 1.165) is 6.54 Å². The van der Waals surface area contributed by atoms with Gasteiger partial charge in [0.15, 0.2) is 0 Å². The van der Waals surface area contributed by atoms with Crippen LogP contribution in [0.3, 0.4) is 0 Å². The van der Waals surface area contributed by atoms with E-state index in [1.165, 1.54) is 12.8 Å². The molecule has 0 heterocycles. The van der Waals surface area contributed by atoms with Crippen LogP contribution in [0.1, 0.15) is 33.6 Å². The Hall–Kier alpha value is -0.730. The smallest absolute Gasteiger partial charge is 0.407 e. The molecule has 0 aromatic carbocycles. The van der Waals surface area contributed by atoms with E-state index in [9.17, 15) is 4.79 Å². The molecule has 13 heavy (non-hydrogen) atoms. The molecule has 0 saturated heterocycles. The minimum absolute atomic E-state index is 0.283. The molecular formula is C10H19NO2. The SMILES string of the molecule is CCOC(=O)NCC1(C(C)C)CC1. The Labute approximate surface area is 79.8 Å². The maximum atomic E-state index is 11.0. The van der Waals surface area contributed by atoms with Gasteiger partial charge in [0, 0.05) is 6.54 Å². The van der Waals surface area contributed by atoms with E-state index >= 15 is 0 Å². The molecule has 1 amide bonds. The van der Waals surface area contributed by atoms with E-state index in [1.54, 1.807) is 0 Å². The van der Waals surface area contributed by atoms with Crippen molar-refractivity contribution in [3.63, 3.8) is 0 Å². The van der Waals surface area contributed by atoms with Gasteiger partial charge in [0.25, 0.3) is 0 Å². The van der Waals surface area contributed by atoms with Crippen LogP contribution in [0, 0.1) is 11.3 Å². The lowest BCUT2D eigenvalue weighted by molar-refractivity contribution is 0.148. The number of hydrogen-bond donors (Lipinski definition) is 1. The normalized spacial score (nSPS) is 18.5. The summed E-state index contributed by atoms with van der Waals surface area (Å²) in [4.78, 5) is 11.0. The molecule has 0 aliphatic heterocycles. The Morgan fingerprint density at radius 3 is 2.54 bits per heavy atom. The van der Waals surface area contributed by atoms with Gasteiger partial charge in [0.05, 0.1) is 6.61 Å². The number of ether oxygens (including phenoxy) is 1. The van der Waals surface area contributed by atoms with Gasteiger partial charge in [-0.15, -0.1) is 0 Å². The van der Waals surface area contributed by atoms with Crippen molar-refractivity contribution < 1.29 is 9.53 Å². The van der Waals surface area contributed by atoms with E-state index in [1.807, 2.05) is 6.92 Å². The first-order valence-electron chi connectivity index (χ1n) is 5.01. The van der Waals surface area contributed by atoms with Crippen LogP contribution in [0.4, 0.5) is 4.79 Å². The van der Waals surface area contributed by atoms with Crippen molar-refractivity contribution in [1.29, 1.82) is 0 Å². The number of hydrogen-bond acceptors (Lipinski definition) is 2. The summed E-state index contributed by atoms with van der Waals surface area (Å²) in [6.07, 6.45) is 2.18. The van der Waals surface area contributed by atoms with Crippen LogP contribution in [-0.4, -0.2) is 19.2 Å². The Bertz CT molecular complexity index is 185. The molecule has 1 rings (SSSR count). The fourth-order valence-electron chi connectivity index (χ4n) is 1.55. The van der Waals surface area contributed by atoms with E-state index in [2.05, 4.69) is 19.2 Å². The number of nitrogens with one attached hydrogen (secondary N) is 1. The Morgan fingerprint density at radius 1 is 1.54 bits per heavy atom. The molecule has 0 bridgehead atoms. The quantitative estimate of drug-likeness (QED) is 0.729. The second kappa shape index (κ2) is 3.99. The topological polar surface area (TPSA) is 38.3 Å². The Balaban J connectivity index is 2.22. The minimum atomic E-state index is -0.283. The molecule has 1 N–H and O–H groups in total. The average Bonchev–Trinajstić information content (AvgIpc) is 2.82. The molecule has 0 atom stereocenters. The fourth-order valence-corrected chi connectivity index (χ4v) is 1.55. The Morgan fingerprint density at radius 2 is 2.15 bits per heavy atom. The third-order valence-corrected chi connectivity index (χ3v) is 2.98. The molecule has 1 aliphatic rings. The lowest BCUT2D eigenvalue weighted by Crippen LogP contribution is -2.32. The van der Waals surface area contributed by atoms with Gasteiger partial charge >= 0.3 is 6.09 Å². The summed E-state index contributed by atoms with van der Waals surface area (Å²) in [5.74, 6) is 0.648. The first kappa shape index (κ1) is 10.4. The van der Waals surface area contributed by atoms with Crippen molar-refractivity contribution >= 4 is 6.09 Å². The summed E-state index contributed by atoms with van der Waals surface area (Å²) in [6.45, 7) is 7.44. The van der Waals surface area contributed by atoms with Crippen LogP contribution >= 0.6 is 0 Å². The van der Waals surface area contributed by atoms with Crippen LogP contribution in [0.25, 0.3) is 0 Å². The van der Waals surface area contributed by atoms with E-state index in [4.69, 9.17) is 4.74 Å². The molecule has 1 fully saturated rings. The van der Waals surface area contributed by atoms with Gasteiger partial charge < -0.3 is 10.1 Å². The zero-order valence-corrected chi connectivity index (χ0v) is 8.72. The van der Waals surface area contributed by atoms with Crippen molar-refractivity contribution in [2.45, 2.75) is 33.6 Å². The van der Waals surface area contributed by atoms with Crippen LogP contribution < -0.4 is 5.32 Å². The van der Waals surface area contributed by atoms with Crippen molar-refractivity contribution in [2.75, 3.05) is 13.2 Å². The van der Waals surface area contributed by atoms with Gasteiger partial charge in [0.2, 0.25) is 0 Å². The number of carbonyl (C=O) groups is 1. The largest absolute Gasteiger partial charge is 0.450 e. The third-order valence-electron chi connectivity index (χ3n) is 2.98. The lowest BCUT2D eigenvalue weighted by Gasteiger charge is -2.19. The molecular weight excluding hydrogens is 166 g/mol. The van der Waals surface area contributed by atoms with Gasteiger partial charge in [-0.3, -0.25) is 0 Å². The summed E-state index contributed by atoms with van der Waals surface area (Å²) < 4.78 is 4.79. The highest BCUT2D eigenvalue weighted by Gasteiger charge is 2.45. The van der Waals surface area contributed by atoms with Crippen LogP contribution in [0.15, 0.2) is 0 Å². The minimum Gasteiger partial charge on any atom is -0.450 e. The lowest BCUT2D eigenvalue weighted by atomic mass is 9.92. The van der Waals surface area contributed by atoms with Crippen LogP contribution in [0.5, 0.6) is 0 Å². The molecule has 0 aromatic rings. The van der Waals surface area contributed by atoms with Crippen LogP contribution in [-0.2, 0) is 4.74 Å². The van der Waals surface area contributed by atoms with Gasteiger partial charge in [-0.2, -0.15) is 0 Å². The number of rotatable bonds is 4. The van der Waals surface area contributed by atoms with Crippen molar-refractivity contribution in [1.82, 2.24) is 5.32 Å². The van der Waals surface area contributed by atoms with E-state index in [0.29, 0.717) is 17.9 Å². The number of alkyl carbamates (subject to hydrolysis) is 1. The highest BCUT2D eigenvalue weighted by molar-refractivity contribution is 5.67. The number of carbonyl (C=O) groups excluding carboxylic acids is 1. The fraction of sp³-hybridized carbons (Fsp3) is 0.900. The first-order valence-corrected chi connectivity index (χ1v) is 5.01. The predicted molar refractivity (Wildman–Crippen MR) is 51.5 cm³/mol. The highest BCUT2D eigenvalue weighted by atomic mass is 16.5. The van der Waals surface area contributed by atoms with Crippen molar-refractivity contribution in [3.8, 4) is 0 Å². The molecule has 1 saturated carbocycles. The number of amides is 1. The summed E-state index contributed by atoms with van der Waals surface area (Å²) >= 11 is 0. The van der Waals surface area contributed by atoms with Crippen molar-refractivity contribution in [2.24, 2.45) is 11.3 Å². The molecule has 3 nitrogen and oxygen atoms in total. The summed E-state index contributed by atoms with van der Waals surface area (Å²) in [5, 5.41) is 2.81. The summed E-state index contributed by atoms with van der Waals surface area (Å²) in [6, 6.07) is 0. The van der Waals surface area contributed by atoms with Gasteiger partial charge in [-0.25, -0.2) is 4.79 Å². The standard InChI is InChI=1S/C10H19NO2/c1-4-13-9(12)11-7-10(5-6-10)8(2)3/h8H,4-7H2,1-3H3,(H,11,12). The van der Waals surface area contributed by atoms with Crippen molar-refractivity contribution in [3.05, 3.63) is 0 Å². The van der Waals surface area contributed by atoms with E-state index < -0.39 is 0 Å². The summed E-state index contributed by atoms with van der Waals surface area (Å²) in [7, 11) is 0. The monoisotopic (exact) mass is 185 g/mol. The molecule has 3 heteroatoms. The zero-order valence-electron chi connectivity index (χ0n) is 8.72. The first-order chi connectivity index (χ1) is 6.10. The molecule has 0 unspecified atom stereocenters. The molecule has 0 radical (unpaired) electrons. The second-order valence-electron chi connectivity index (χ2n) is 4.09. The molecule has 1 aliphatic carbocycles. The van der Waals surface area contributed by atoms with Crippen LogP contribution in [0.2, 0.25) is 0 Å². The molecule has 76 valence electrons. The maximum Gasteiger partial charge on any atom is 0.407 e. The maximum absolute atomic E-state index is 11.0. The third kappa shape index (κ3) is 2.61. The average molecular weight is 185 g/mol. The highest BCUT2D eigenvalue weighted by Crippen LogP contribution is 2.51. The van der Waals surface area contributed by atoms with E-state index in [-0.39, 0.29) is 6.09 Å². The van der Waals surface area contributed by atoms with Gasteiger partial charge in [0.1, 0.15) is 0 Å². The van der Waals surface area contributed by atoms with Gasteiger partial charge in [-0.1, -0.05) is 13.8 Å². The Kier molecular flexibility index (Phi) is 3.17. The zero-order chi connectivity index (χ0) is 9.90. The summed E-state index contributed by atoms with van der Waals surface area (Å²) in [5.41, 5.74) is 0.368. The second-order valence-corrected chi connectivity index (χ2v) is 4.09. The molecule has 0 spiro atoms. The molecule has 0 aromatic heterocycles.